The van der Waals surface area contributed by atoms with Gasteiger partial charge >= 0.3 is 6.36 Å². The van der Waals surface area contributed by atoms with Gasteiger partial charge < -0.3 is 4.74 Å². The SMILES string of the molecule is CCc1ccc(OC(F)(F)F)cc1C. The smallest absolute Gasteiger partial charge is 0.406 e. The minimum atomic E-state index is -4.61. The van der Waals surface area contributed by atoms with Crippen molar-refractivity contribution in [3.8, 4) is 5.75 Å². The summed E-state index contributed by atoms with van der Waals surface area (Å²) in [6.45, 7) is 3.72. The number of alkyl halides is 3. The van der Waals surface area contributed by atoms with Crippen molar-refractivity contribution in [1.82, 2.24) is 0 Å². The number of hydrogen-bond donors (Lipinski definition) is 0. The van der Waals surface area contributed by atoms with E-state index in [0.717, 1.165) is 17.5 Å². The van der Waals surface area contributed by atoms with Crippen molar-refractivity contribution in [3.05, 3.63) is 29.3 Å². The standard InChI is InChI=1S/C10H11F3O/c1-3-8-4-5-9(6-7(8)2)14-10(11,12)13/h4-6H,3H2,1-2H3. The number of benzene rings is 1. The molecule has 78 valence electrons. The first-order valence-electron chi connectivity index (χ1n) is 4.27. The number of hydrogen-bond acceptors (Lipinski definition) is 1. The molecule has 0 atom stereocenters. The van der Waals surface area contributed by atoms with Crippen LogP contribution in [0.3, 0.4) is 0 Å². The van der Waals surface area contributed by atoms with Gasteiger partial charge in [0, 0.05) is 0 Å². The highest BCUT2D eigenvalue weighted by molar-refractivity contribution is 5.34. The van der Waals surface area contributed by atoms with E-state index in [2.05, 4.69) is 4.74 Å². The van der Waals surface area contributed by atoms with Crippen LogP contribution in [0.15, 0.2) is 18.2 Å². The summed E-state index contributed by atoms with van der Waals surface area (Å²) in [6, 6.07) is 4.38. The minimum Gasteiger partial charge on any atom is -0.406 e. The van der Waals surface area contributed by atoms with Gasteiger partial charge in [-0.15, -0.1) is 13.2 Å². The van der Waals surface area contributed by atoms with Crippen LogP contribution in [0.4, 0.5) is 13.2 Å². The van der Waals surface area contributed by atoms with Gasteiger partial charge in [-0.05, 0) is 36.6 Å². The van der Waals surface area contributed by atoms with E-state index < -0.39 is 6.36 Å². The maximum Gasteiger partial charge on any atom is 0.573 e. The van der Waals surface area contributed by atoms with E-state index in [9.17, 15) is 13.2 Å². The molecule has 0 aromatic heterocycles. The summed E-state index contributed by atoms with van der Waals surface area (Å²) >= 11 is 0. The normalized spacial score (nSPS) is 11.5. The lowest BCUT2D eigenvalue weighted by atomic mass is 10.1. The third-order valence-electron chi connectivity index (χ3n) is 1.93. The maximum atomic E-state index is 11.8. The summed E-state index contributed by atoms with van der Waals surface area (Å²) in [7, 11) is 0. The number of ether oxygens (including phenoxy) is 1. The van der Waals surface area contributed by atoms with Crippen molar-refractivity contribution in [2.24, 2.45) is 0 Å². The molecule has 0 saturated carbocycles. The molecule has 0 heterocycles. The minimum absolute atomic E-state index is 0.160. The molecular formula is C10H11F3O. The molecule has 0 spiro atoms. The van der Waals surface area contributed by atoms with Gasteiger partial charge in [0.1, 0.15) is 5.75 Å². The van der Waals surface area contributed by atoms with E-state index in [1.807, 2.05) is 6.92 Å². The highest BCUT2D eigenvalue weighted by atomic mass is 19.4. The van der Waals surface area contributed by atoms with Gasteiger partial charge in [0.25, 0.3) is 0 Å². The zero-order valence-corrected chi connectivity index (χ0v) is 7.98. The first-order chi connectivity index (χ1) is 6.42. The van der Waals surface area contributed by atoms with Crippen molar-refractivity contribution < 1.29 is 17.9 Å². The largest absolute Gasteiger partial charge is 0.573 e. The lowest BCUT2D eigenvalue weighted by molar-refractivity contribution is -0.274. The second-order valence-corrected chi connectivity index (χ2v) is 2.99. The number of rotatable bonds is 2. The molecule has 0 radical (unpaired) electrons. The van der Waals surface area contributed by atoms with Crippen molar-refractivity contribution in [2.45, 2.75) is 26.6 Å². The molecule has 1 aromatic rings. The topological polar surface area (TPSA) is 9.23 Å². The molecule has 0 N–H and O–H groups in total. The maximum absolute atomic E-state index is 11.8. The lowest BCUT2D eigenvalue weighted by Crippen LogP contribution is -2.17. The second-order valence-electron chi connectivity index (χ2n) is 2.99. The first kappa shape index (κ1) is 10.9. The summed E-state index contributed by atoms with van der Waals surface area (Å²) in [4.78, 5) is 0. The molecule has 0 bridgehead atoms. The zero-order chi connectivity index (χ0) is 10.8. The van der Waals surface area contributed by atoms with Crippen molar-refractivity contribution in [1.29, 1.82) is 0 Å². The Hall–Kier alpha value is -1.19. The van der Waals surface area contributed by atoms with E-state index in [1.54, 1.807) is 13.0 Å². The Kier molecular flexibility index (Phi) is 3.03. The van der Waals surface area contributed by atoms with Crippen LogP contribution < -0.4 is 4.74 Å². The van der Waals surface area contributed by atoms with Gasteiger partial charge in [0.05, 0.1) is 0 Å². The number of halogens is 3. The van der Waals surface area contributed by atoms with Crippen LogP contribution in [0, 0.1) is 6.92 Å². The molecule has 0 aliphatic heterocycles. The summed E-state index contributed by atoms with van der Waals surface area (Å²) in [5.74, 6) is -0.160. The van der Waals surface area contributed by atoms with Crippen molar-refractivity contribution in [3.63, 3.8) is 0 Å². The van der Waals surface area contributed by atoms with Crippen LogP contribution >= 0.6 is 0 Å². The van der Waals surface area contributed by atoms with Crippen LogP contribution in [-0.2, 0) is 6.42 Å². The third-order valence-corrected chi connectivity index (χ3v) is 1.93. The molecule has 0 aliphatic carbocycles. The van der Waals surface area contributed by atoms with E-state index in [1.165, 1.54) is 12.1 Å². The van der Waals surface area contributed by atoms with E-state index in [-0.39, 0.29) is 5.75 Å². The summed E-state index contributed by atoms with van der Waals surface area (Å²) in [5, 5.41) is 0. The summed E-state index contributed by atoms with van der Waals surface area (Å²) in [6.07, 6.45) is -3.81. The molecule has 1 nitrogen and oxygen atoms in total. The number of aryl methyl sites for hydroxylation is 2. The average molecular weight is 204 g/mol. The molecular weight excluding hydrogens is 193 g/mol. The Bertz CT molecular complexity index is 318. The molecule has 0 unspecified atom stereocenters. The molecule has 1 aromatic carbocycles. The highest BCUT2D eigenvalue weighted by Crippen LogP contribution is 2.24. The van der Waals surface area contributed by atoms with E-state index in [4.69, 9.17) is 0 Å². The predicted octanol–water partition coefficient (Wildman–Crippen LogP) is 3.46. The van der Waals surface area contributed by atoms with Gasteiger partial charge in [0.2, 0.25) is 0 Å². The van der Waals surface area contributed by atoms with Gasteiger partial charge in [-0.1, -0.05) is 13.0 Å². The Balaban J connectivity index is 2.87. The Morgan fingerprint density at radius 2 is 1.93 bits per heavy atom. The van der Waals surface area contributed by atoms with E-state index in [0.29, 0.717) is 0 Å². The van der Waals surface area contributed by atoms with Gasteiger partial charge in [-0.2, -0.15) is 0 Å². The summed E-state index contributed by atoms with van der Waals surface area (Å²) in [5.41, 5.74) is 1.84. The molecule has 1 rings (SSSR count). The fraction of sp³-hybridized carbons (Fsp3) is 0.400. The average Bonchev–Trinajstić information content (AvgIpc) is 2.01. The quantitative estimate of drug-likeness (QED) is 0.716. The molecule has 14 heavy (non-hydrogen) atoms. The Morgan fingerprint density at radius 3 is 2.36 bits per heavy atom. The fourth-order valence-electron chi connectivity index (χ4n) is 1.26. The lowest BCUT2D eigenvalue weighted by Gasteiger charge is -2.10. The molecule has 0 fully saturated rings. The zero-order valence-electron chi connectivity index (χ0n) is 7.98. The van der Waals surface area contributed by atoms with E-state index >= 15 is 0 Å². The second kappa shape index (κ2) is 3.90. The highest BCUT2D eigenvalue weighted by Gasteiger charge is 2.31. The molecule has 0 amide bonds. The third kappa shape index (κ3) is 2.94. The summed E-state index contributed by atoms with van der Waals surface area (Å²) < 4.78 is 39.3. The van der Waals surface area contributed by atoms with Gasteiger partial charge in [-0.25, -0.2) is 0 Å². The van der Waals surface area contributed by atoms with Gasteiger partial charge in [0.15, 0.2) is 0 Å². The first-order valence-corrected chi connectivity index (χ1v) is 4.27. The van der Waals surface area contributed by atoms with Gasteiger partial charge in [-0.3, -0.25) is 0 Å². The van der Waals surface area contributed by atoms with Crippen LogP contribution in [0.5, 0.6) is 5.75 Å². The Labute approximate surface area is 80.5 Å². The Morgan fingerprint density at radius 1 is 1.29 bits per heavy atom. The van der Waals surface area contributed by atoms with Crippen LogP contribution in [0.1, 0.15) is 18.1 Å². The van der Waals surface area contributed by atoms with Crippen LogP contribution in [-0.4, -0.2) is 6.36 Å². The molecule has 0 saturated heterocycles. The van der Waals surface area contributed by atoms with Crippen LogP contribution in [0.25, 0.3) is 0 Å². The fourth-order valence-corrected chi connectivity index (χ4v) is 1.26. The predicted molar refractivity (Wildman–Crippen MR) is 47.2 cm³/mol. The van der Waals surface area contributed by atoms with Crippen molar-refractivity contribution >= 4 is 0 Å². The molecule has 0 aliphatic rings. The molecule has 4 heteroatoms. The monoisotopic (exact) mass is 204 g/mol. The van der Waals surface area contributed by atoms with Crippen LogP contribution in [0.2, 0.25) is 0 Å². The van der Waals surface area contributed by atoms with Crippen molar-refractivity contribution in [2.75, 3.05) is 0 Å².